The van der Waals surface area contributed by atoms with Crippen LogP contribution >= 0.6 is 11.3 Å². The fraction of sp³-hybridized carbons (Fsp3) is 0.438. The number of hydrogen-bond donors (Lipinski definition) is 1. The van der Waals surface area contributed by atoms with Gasteiger partial charge in [-0.05, 0) is 30.1 Å². The summed E-state index contributed by atoms with van der Waals surface area (Å²) < 4.78 is 0. The quantitative estimate of drug-likeness (QED) is 0.848. The molecule has 0 atom stereocenters. The largest absolute Gasteiger partial charge is 0.310 e. The second kappa shape index (κ2) is 7.53. The average Bonchev–Trinajstić information content (AvgIpc) is 2.90. The molecule has 2 heterocycles. The molecule has 0 spiro atoms. The van der Waals surface area contributed by atoms with Gasteiger partial charge in [0, 0.05) is 36.8 Å². The molecule has 3 nitrogen and oxygen atoms in total. The van der Waals surface area contributed by atoms with Gasteiger partial charge in [-0.1, -0.05) is 26.0 Å². The minimum absolute atomic E-state index is 0.506. The first kappa shape index (κ1) is 15.2. The van der Waals surface area contributed by atoms with Crippen molar-refractivity contribution in [2.75, 3.05) is 7.05 Å². The highest BCUT2D eigenvalue weighted by atomic mass is 32.1. The molecule has 0 aromatic carbocycles. The van der Waals surface area contributed by atoms with Gasteiger partial charge >= 0.3 is 0 Å². The van der Waals surface area contributed by atoms with Gasteiger partial charge in [-0.3, -0.25) is 9.88 Å². The van der Waals surface area contributed by atoms with E-state index in [1.54, 1.807) is 11.3 Å². The van der Waals surface area contributed by atoms with Gasteiger partial charge in [0.15, 0.2) is 0 Å². The second-order valence-corrected chi connectivity index (χ2v) is 6.48. The highest BCUT2D eigenvalue weighted by molar-refractivity contribution is 7.09. The zero-order chi connectivity index (χ0) is 14.4. The monoisotopic (exact) mass is 289 g/mol. The van der Waals surface area contributed by atoms with E-state index in [1.165, 1.54) is 10.4 Å². The van der Waals surface area contributed by atoms with Crippen molar-refractivity contribution in [2.45, 2.75) is 39.5 Å². The number of thiophene rings is 1. The second-order valence-electron chi connectivity index (χ2n) is 5.45. The first-order chi connectivity index (χ1) is 9.63. The lowest BCUT2D eigenvalue weighted by Gasteiger charge is -2.15. The van der Waals surface area contributed by atoms with Crippen LogP contribution in [0.2, 0.25) is 0 Å². The Labute approximate surface area is 125 Å². The Bertz CT molecular complexity index is 491. The van der Waals surface area contributed by atoms with Crippen LogP contribution in [0.1, 0.15) is 30.0 Å². The molecule has 0 saturated carbocycles. The molecule has 0 aliphatic heterocycles. The molecule has 2 aromatic rings. The third kappa shape index (κ3) is 5.04. The van der Waals surface area contributed by atoms with E-state index in [1.807, 2.05) is 6.20 Å². The lowest BCUT2D eigenvalue weighted by molar-refractivity contribution is 0.318. The van der Waals surface area contributed by atoms with Crippen molar-refractivity contribution in [2.24, 2.45) is 0 Å². The van der Waals surface area contributed by atoms with Crippen LogP contribution in [0.3, 0.4) is 0 Å². The average molecular weight is 289 g/mol. The highest BCUT2D eigenvalue weighted by Crippen LogP contribution is 2.12. The standard InChI is InChI=1S/C16H23N3S/c1-13(2)17-9-14-6-7-15(18-10-14)11-19(3)12-16-5-4-8-20-16/h4-8,10,13,17H,9,11-12H2,1-3H3. The van der Waals surface area contributed by atoms with Gasteiger partial charge < -0.3 is 5.32 Å². The predicted molar refractivity (Wildman–Crippen MR) is 85.7 cm³/mol. The number of nitrogens with one attached hydrogen (secondary N) is 1. The Morgan fingerprint density at radius 2 is 2.10 bits per heavy atom. The van der Waals surface area contributed by atoms with Crippen LogP contribution in [0.5, 0.6) is 0 Å². The van der Waals surface area contributed by atoms with Crippen molar-refractivity contribution in [1.82, 2.24) is 15.2 Å². The predicted octanol–water partition coefficient (Wildman–Crippen LogP) is 3.27. The van der Waals surface area contributed by atoms with Crippen molar-refractivity contribution in [1.29, 1.82) is 0 Å². The number of hydrogen-bond acceptors (Lipinski definition) is 4. The van der Waals surface area contributed by atoms with E-state index < -0.39 is 0 Å². The highest BCUT2D eigenvalue weighted by Gasteiger charge is 2.04. The molecule has 2 rings (SSSR count). The van der Waals surface area contributed by atoms with Gasteiger partial charge in [0.05, 0.1) is 5.69 Å². The zero-order valence-electron chi connectivity index (χ0n) is 12.5. The first-order valence-electron chi connectivity index (χ1n) is 7.01. The van der Waals surface area contributed by atoms with Crippen LogP contribution in [-0.4, -0.2) is 23.0 Å². The fourth-order valence-corrected chi connectivity index (χ4v) is 2.76. The maximum Gasteiger partial charge on any atom is 0.0544 e. The summed E-state index contributed by atoms with van der Waals surface area (Å²) in [5.41, 5.74) is 2.36. The third-order valence-corrected chi connectivity index (χ3v) is 3.90. The van der Waals surface area contributed by atoms with E-state index >= 15 is 0 Å². The van der Waals surface area contributed by atoms with Crippen LogP contribution < -0.4 is 5.32 Å². The van der Waals surface area contributed by atoms with Crippen LogP contribution in [0.25, 0.3) is 0 Å². The van der Waals surface area contributed by atoms with Crippen molar-refractivity contribution < 1.29 is 0 Å². The Morgan fingerprint density at radius 1 is 1.25 bits per heavy atom. The summed E-state index contributed by atoms with van der Waals surface area (Å²) >= 11 is 1.80. The topological polar surface area (TPSA) is 28.2 Å². The smallest absolute Gasteiger partial charge is 0.0544 e. The van der Waals surface area contributed by atoms with E-state index in [0.29, 0.717) is 6.04 Å². The van der Waals surface area contributed by atoms with Gasteiger partial charge in [0.25, 0.3) is 0 Å². The molecule has 20 heavy (non-hydrogen) atoms. The summed E-state index contributed by atoms with van der Waals surface area (Å²) in [7, 11) is 2.13. The van der Waals surface area contributed by atoms with E-state index in [-0.39, 0.29) is 0 Å². The van der Waals surface area contributed by atoms with Crippen molar-refractivity contribution in [3.63, 3.8) is 0 Å². The maximum absolute atomic E-state index is 4.55. The number of pyridine rings is 1. The normalized spacial score (nSPS) is 11.4. The molecule has 0 saturated heterocycles. The molecule has 4 heteroatoms. The molecular weight excluding hydrogens is 266 g/mol. The molecule has 0 aliphatic carbocycles. The Kier molecular flexibility index (Phi) is 5.71. The van der Waals surface area contributed by atoms with Crippen molar-refractivity contribution in [3.8, 4) is 0 Å². The van der Waals surface area contributed by atoms with E-state index in [0.717, 1.165) is 25.3 Å². The fourth-order valence-electron chi connectivity index (χ4n) is 1.98. The molecule has 0 fully saturated rings. The lowest BCUT2D eigenvalue weighted by Crippen LogP contribution is -2.22. The molecule has 0 radical (unpaired) electrons. The molecule has 108 valence electrons. The lowest BCUT2D eigenvalue weighted by atomic mass is 10.2. The molecule has 2 aromatic heterocycles. The van der Waals surface area contributed by atoms with Gasteiger partial charge in [-0.2, -0.15) is 0 Å². The summed E-state index contributed by atoms with van der Waals surface area (Å²) in [6.45, 7) is 7.06. The van der Waals surface area contributed by atoms with Crippen LogP contribution in [0, 0.1) is 0 Å². The minimum Gasteiger partial charge on any atom is -0.310 e. The third-order valence-electron chi connectivity index (χ3n) is 3.04. The number of nitrogens with zero attached hydrogens (tertiary/aromatic N) is 2. The van der Waals surface area contributed by atoms with Gasteiger partial charge in [0.2, 0.25) is 0 Å². The van der Waals surface area contributed by atoms with E-state index in [4.69, 9.17) is 0 Å². The van der Waals surface area contributed by atoms with E-state index in [9.17, 15) is 0 Å². The Balaban J connectivity index is 1.83. The van der Waals surface area contributed by atoms with Gasteiger partial charge in [-0.25, -0.2) is 0 Å². The van der Waals surface area contributed by atoms with Crippen LogP contribution in [0.15, 0.2) is 35.8 Å². The summed E-state index contributed by atoms with van der Waals surface area (Å²) in [6.07, 6.45) is 1.98. The van der Waals surface area contributed by atoms with Crippen LogP contribution in [0.4, 0.5) is 0 Å². The van der Waals surface area contributed by atoms with E-state index in [2.05, 4.69) is 65.7 Å². The SMILES string of the molecule is CC(C)NCc1ccc(CN(C)Cc2cccs2)nc1. The summed E-state index contributed by atoms with van der Waals surface area (Å²) in [4.78, 5) is 8.23. The summed E-state index contributed by atoms with van der Waals surface area (Å²) in [5.74, 6) is 0. The van der Waals surface area contributed by atoms with Gasteiger partial charge in [-0.15, -0.1) is 11.3 Å². The van der Waals surface area contributed by atoms with Crippen LogP contribution in [-0.2, 0) is 19.6 Å². The Hall–Kier alpha value is -1.23. The maximum atomic E-state index is 4.55. The molecule has 0 aliphatic rings. The van der Waals surface area contributed by atoms with Crippen molar-refractivity contribution in [3.05, 3.63) is 52.0 Å². The minimum atomic E-state index is 0.506. The summed E-state index contributed by atoms with van der Waals surface area (Å²) in [6, 6.07) is 9.07. The first-order valence-corrected chi connectivity index (χ1v) is 7.89. The van der Waals surface area contributed by atoms with Crippen molar-refractivity contribution >= 4 is 11.3 Å². The van der Waals surface area contributed by atoms with Gasteiger partial charge in [0.1, 0.15) is 0 Å². The number of rotatable bonds is 7. The zero-order valence-corrected chi connectivity index (χ0v) is 13.3. The molecule has 1 N–H and O–H groups in total. The Morgan fingerprint density at radius 3 is 2.70 bits per heavy atom. The molecule has 0 unspecified atom stereocenters. The number of aromatic nitrogens is 1. The molecule has 0 bridgehead atoms. The summed E-state index contributed by atoms with van der Waals surface area (Å²) in [5, 5.41) is 5.53. The molecular formula is C16H23N3S. The molecule has 0 amide bonds.